The molecular weight excluding hydrogens is 454 g/mol. The number of carbonyl (C=O) groups is 2. The number of hydrogen-bond acceptors (Lipinski definition) is 4. The van der Waals surface area contributed by atoms with Crippen LogP contribution in [0.3, 0.4) is 0 Å². The molecule has 4 fully saturated rings. The van der Waals surface area contributed by atoms with E-state index in [2.05, 4.69) is 17.4 Å². The van der Waals surface area contributed by atoms with Crippen LogP contribution in [-0.4, -0.2) is 23.6 Å². The summed E-state index contributed by atoms with van der Waals surface area (Å²) >= 11 is 0. The van der Waals surface area contributed by atoms with Crippen molar-refractivity contribution < 1.29 is 23.8 Å². The smallest absolute Gasteiger partial charge is 0.337 e. The monoisotopic (exact) mass is 485 g/mol. The third kappa shape index (κ3) is 4.19. The third-order valence-corrected chi connectivity index (χ3v) is 8.56. The van der Waals surface area contributed by atoms with Gasteiger partial charge in [-0.25, -0.2) is 4.79 Å². The molecule has 6 heteroatoms. The number of furan rings is 1. The Hall–Kier alpha value is -3.54. The highest BCUT2D eigenvalue weighted by molar-refractivity contribution is 6.03. The van der Waals surface area contributed by atoms with Crippen molar-refractivity contribution in [3.8, 4) is 16.9 Å². The normalized spacial score (nSPS) is 26.1. The topological polar surface area (TPSA) is 88.8 Å². The number of aryl methyl sites for hydroxylation is 1. The lowest BCUT2D eigenvalue weighted by atomic mass is 9.48. The zero-order valence-electron chi connectivity index (χ0n) is 20.5. The van der Waals surface area contributed by atoms with Crippen molar-refractivity contribution in [2.45, 2.75) is 50.9 Å². The predicted molar refractivity (Wildman–Crippen MR) is 136 cm³/mol. The molecule has 3 aromatic rings. The number of amides is 1. The summed E-state index contributed by atoms with van der Waals surface area (Å²) in [6.45, 7) is 1.58. The number of carbonyl (C=O) groups excluding carboxylic acids is 1. The van der Waals surface area contributed by atoms with E-state index < -0.39 is 11.9 Å². The van der Waals surface area contributed by atoms with Crippen LogP contribution < -0.4 is 10.1 Å². The summed E-state index contributed by atoms with van der Waals surface area (Å²) < 4.78 is 10.9. The van der Waals surface area contributed by atoms with E-state index in [9.17, 15) is 14.7 Å². The molecule has 36 heavy (non-hydrogen) atoms. The van der Waals surface area contributed by atoms with Gasteiger partial charge in [0.25, 0.3) is 5.91 Å². The van der Waals surface area contributed by atoms with Gasteiger partial charge in [0.1, 0.15) is 5.75 Å². The fourth-order valence-electron chi connectivity index (χ4n) is 7.41. The number of ether oxygens (including phenoxy) is 1. The van der Waals surface area contributed by atoms with Crippen LogP contribution in [0, 0.1) is 24.7 Å². The molecule has 0 atom stereocenters. The Labute approximate surface area is 210 Å². The maximum atomic E-state index is 12.7. The van der Waals surface area contributed by atoms with Crippen LogP contribution in [0.4, 0.5) is 5.69 Å². The highest BCUT2D eigenvalue weighted by Crippen LogP contribution is 2.60. The van der Waals surface area contributed by atoms with E-state index in [0.717, 1.165) is 23.3 Å². The minimum absolute atomic E-state index is 0.0273. The summed E-state index contributed by atoms with van der Waals surface area (Å²) in [5, 5.41) is 12.5. The minimum atomic E-state index is -1.11. The Morgan fingerprint density at radius 1 is 1.00 bits per heavy atom. The number of carboxylic acid groups (broad SMARTS) is 1. The van der Waals surface area contributed by atoms with Crippen molar-refractivity contribution in [2.24, 2.45) is 17.8 Å². The van der Waals surface area contributed by atoms with Gasteiger partial charge in [0.05, 0.1) is 23.8 Å². The van der Waals surface area contributed by atoms with Gasteiger partial charge in [-0.1, -0.05) is 12.1 Å². The SMILES string of the molecule is Cc1cc(-c2ccoc2)cc(C(=O)O)c1NC(=O)COc1ccc(C23CC4CC(CC(C4)C2)C3)cc1. The van der Waals surface area contributed by atoms with Gasteiger partial charge in [0.15, 0.2) is 6.61 Å². The quantitative estimate of drug-likeness (QED) is 0.402. The summed E-state index contributed by atoms with van der Waals surface area (Å²) in [5.41, 5.74) is 4.20. The fourth-order valence-corrected chi connectivity index (χ4v) is 7.41. The molecule has 1 amide bonds. The van der Waals surface area contributed by atoms with Crippen LogP contribution in [0.25, 0.3) is 11.1 Å². The van der Waals surface area contributed by atoms with Crippen molar-refractivity contribution >= 4 is 17.6 Å². The highest BCUT2D eigenvalue weighted by atomic mass is 16.5. The molecule has 0 aliphatic heterocycles. The first-order valence-corrected chi connectivity index (χ1v) is 12.8. The van der Waals surface area contributed by atoms with Gasteiger partial charge in [0.2, 0.25) is 0 Å². The molecule has 6 nitrogen and oxygen atoms in total. The van der Waals surface area contributed by atoms with Gasteiger partial charge in [-0.3, -0.25) is 4.79 Å². The second kappa shape index (κ2) is 8.84. The first-order valence-electron chi connectivity index (χ1n) is 12.8. The first kappa shape index (κ1) is 22.9. The summed E-state index contributed by atoms with van der Waals surface area (Å²) in [6.07, 6.45) is 11.3. The Morgan fingerprint density at radius 3 is 2.25 bits per heavy atom. The molecule has 1 heterocycles. The Kier molecular flexibility index (Phi) is 5.62. The summed E-state index contributed by atoms with van der Waals surface area (Å²) in [4.78, 5) is 24.6. The number of rotatable bonds is 7. The number of hydrogen-bond donors (Lipinski definition) is 2. The van der Waals surface area contributed by atoms with E-state index in [1.54, 1.807) is 25.3 Å². The number of anilines is 1. The van der Waals surface area contributed by atoms with E-state index >= 15 is 0 Å². The van der Waals surface area contributed by atoms with Crippen LogP contribution in [0.15, 0.2) is 59.4 Å². The number of carboxylic acids is 1. The molecule has 0 radical (unpaired) electrons. The molecule has 4 aliphatic carbocycles. The van der Waals surface area contributed by atoms with Crippen molar-refractivity contribution in [3.63, 3.8) is 0 Å². The third-order valence-electron chi connectivity index (χ3n) is 8.56. The molecular formula is C30H31NO5. The molecule has 186 valence electrons. The summed E-state index contributed by atoms with van der Waals surface area (Å²) in [6, 6.07) is 13.4. The van der Waals surface area contributed by atoms with Gasteiger partial charge in [-0.2, -0.15) is 0 Å². The zero-order valence-corrected chi connectivity index (χ0v) is 20.5. The van der Waals surface area contributed by atoms with Crippen molar-refractivity contribution in [1.29, 1.82) is 0 Å². The van der Waals surface area contributed by atoms with Crippen LogP contribution in [-0.2, 0) is 10.2 Å². The maximum Gasteiger partial charge on any atom is 0.337 e. The first-order chi connectivity index (χ1) is 17.4. The average molecular weight is 486 g/mol. The zero-order chi connectivity index (χ0) is 24.9. The molecule has 0 spiro atoms. The Balaban J connectivity index is 1.12. The van der Waals surface area contributed by atoms with Crippen molar-refractivity contribution in [1.82, 2.24) is 0 Å². The van der Waals surface area contributed by atoms with Crippen molar-refractivity contribution in [3.05, 3.63) is 71.7 Å². The number of aromatic carboxylic acids is 1. The molecule has 4 saturated carbocycles. The van der Waals surface area contributed by atoms with Crippen LogP contribution >= 0.6 is 0 Å². The molecule has 7 rings (SSSR count). The van der Waals surface area contributed by atoms with E-state index in [-0.39, 0.29) is 17.9 Å². The standard InChI is InChI=1S/C30H31NO5/c1-18-8-23(22-6-7-35-16-22)12-26(29(33)34)28(18)31-27(32)17-36-25-4-2-24(3-5-25)30-13-19-9-20(14-30)11-21(10-19)15-30/h2-8,12,16,19-21H,9-11,13-15,17H2,1H3,(H,31,32)(H,33,34). The molecule has 2 aromatic carbocycles. The van der Waals surface area contributed by atoms with Gasteiger partial charge < -0.3 is 19.6 Å². The average Bonchev–Trinajstić information content (AvgIpc) is 3.38. The molecule has 0 unspecified atom stereocenters. The molecule has 1 aromatic heterocycles. The molecule has 4 aliphatic rings. The van der Waals surface area contributed by atoms with E-state index in [1.807, 2.05) is 18.2 Å². The highest BCUT2D eigenvalue weighted by Gasteiger charge is 2.51. The predicted octanol–water partition coefficient (Wildman–Crippen LogP) is 6.44. The van der Waals surface area contributed by atoms with Gasteiger partial charge in [-0.15, -0.1) is 0 Å². The molecule has 4 bridgehead atoms. The Morgan fingerprint density at radius 2 is 1.67 bits per heavy atom. The lowest BCUT2D eigenvalue weighted by Gasteiger charge is -2.57. The molecule has 2 N–H and O–H groups in total. The minimum Gasteiger partial charge on any atom is -0.484 e. The number of nitrogens with one attached hydrogen (secondary N) is 1. The van der Waals surface area contributed by atoms with E-state index in [0.29, 0.717) is 22.3 Å². The lowest BCUT2D eigenvalue weighted by molar-refractivity contribution is -0.118. The summed E-state index contributed by atoms with van der Waals surface area (Å²) in [7, 11) is 0. The van der Waals surface area contributed by atoms with Crippen LogP contribution in [0.5, 0.6) is 5.75 Å². The largest absolute Gasteiger partial charge is 0.484 e. The summed E-state index contributed by atoms with van der Waals surface area (Å²) in [5.74, 6) is 1.81. The maximum absolute atomic E-state index is 12.7. The molecule has 0 saturated heterocycles. The van der Waals surface area contributed by atoms with Gasteiger partial charge >= 0.3 is 5.97 Å². The second-order valence-electron chi connectivity index (χ2n) is 11.1. The number of benzene rings is 2. The fraction of sp³-hybridized carbons (Fsp3) is 0.400. The second-order valence-corrected chi connectivity index (χ2v) is 11.1. The van der Waals surface area contributed by atoms with Gasteiger partial charge in [-0.05, 0) is 116 Å². The lowest BCUT2D eigenvalue weighted by Crippen LogP contribution is -2.48. The van der Waals surface area contributed by atoms with Crippen LogP contribution in [0.2, 0.25) is 0 Å². The van der Waals surface area contributed by atoms with E-state index in [4.69, 9.17) is 9.15 Å². The Bertz CT molecular complexity index is 1260. The van der Waals surface area contributed by atoms with Gasteiger partial charge in [0, 0.05) is 5.56 Å². The van der Waals surface area contributed by atoms with E-state index in [1.165, 1.54) is 50.4 Å². The van der Waals surface area contributed by atoms with Crippen molar-refractivity contribution in [2.75, 3.05) is 11.9 Å². The van der Waals surface area contributed by atoms with Crippen LogP contribution in [0.1, 0.15) is 60.0 Å².